The van der Waals surface area contributed by atoms with E-state index in [9.17, 15) is 5.11 Å². The van der Waals surface area contributed by atoms with Gasteiger partial charge in [0, 0.05) is 23.7 Å². The van der Waals surface area contributed by atoms with E-state index in [-0.39, 0.29) is 6.10 Å². The average molecular weight is 323 g/mol. The fourth-order valence-corrected chi connectivity index (χ4v) is 3.93. The minimum Gasteiger partial charge on any atom is -0.392 e. The van der Waals surface area contributed by atoms with E-state index in [2.05, 4.69) is 22.3 Å². The largest absolute Gasteiger partial charge is 0.392 e. The van der Waals surface area contributed by atoms with E-state index in [1.54, 1.807) is 0 Å². The summed E-state index contributed by atoms with van der Waals surface area (Å²) in [7, 11) is 0. The van der Waals surface area contributed by atoms with Crippen LogP contribution in [0.1, 0.15) is 44.1 Å². The summed E-state index contributed by atoms with van der Waals surface area (Å²) in [6.07, 6.45) is 6.69. The quantitative estimate of drug-likeness (QED) is 0.893. The number of rotatable bonds is 4. The van der Waals surface area contributed by atoms with Crippen molar-refractivity contribution in [2.75, 3.05) is 13.1 Å². The highest BCUT2D eigenvalue weighted by Gasteiger charge is 2.27. The van der Waals surface area contributed by atoms with Gasteiger partial charge >= 0.3 is 0 Å². The van der Waals surface area contributed by atoms with Gasteiger partial charge in [0.1, 0.15) is 0 Å². The predicted molar refractivity (Wildman–Crippen MR) is 91.1 cm³/mol. The number of halogens is 1. The first-order valence-electron chi connectivity index (χ1n) is 8.62. The zero-order chi connectivity index (χ0) is 15.4. The molecule has 0 aromatic heterocycles. The Hall–Kier alpha value is -0.610. The SMILES string of the molecule is O[C@@H]1CCCC[C@@H]1NC1CCN(Cc2ccccc2Cl)CC1. The van der Waals surface area contributed by atoms with Gasteiger partial charge in [0.2, 0.25) is 0 Å². The fraction of sp³-hybridized carbons (Fsp3) is 0.667. The van der Waals surface area contributed by atoms with Crippen LogP contribution in [0, 0.1) is 0 Å². The molecule has 1 saturated carbocycles. The van der Waals surface area contributed by atoms with Gasteiger partial charge in [0.25, 0.3) is 0 Å². The van der Waals surface area contributed by atoms with Crippen LogP contribution in [0.2, 0.25) is 5.02 Å². The molecule has 0 radical (unpaired) electrons. The van der Waals surface area contributed by atoms with Gasteiger partial charge in [0.05, 0.1) is 6.10 Å². The molecule has 1 aliphatic heterocycles. The molecule has 1 aromatic rings. The lowest BCUT2D eigenvalue weighted by Gasteiger charge is -2.37. The minimum atomic E-state index is -0.144. The Balaban J connectivity index is 1.45. The number of hydrogen-bond donors (Lipinski definition) is 2. The summed E-state index contributed by atoms with van der Waals surface area (Å²) in [6, 6.07) is 8.99. The van der Waals surface area contributed by atoms with E-state index in [1.807, 2.05) is 12.1 Å². The van der Waals surface area contributed by atoms with Crippen LogP contribution in [0.4, 0.5) is 0 Å². The fourth-order valence-electron chi connectivity index (χ4n) is 3.73. The second-order valence-corrected chi connectivity index (χ2v) is 7.17. The van der Waals surface area contributed by atoms with Crippen LogP contribution >= 0.6 is 11.6 Å². The predicted octanol–water partition coefficient (Wildman–Crippen LogP) is 3.20. The Morgan fingerprint density at radius 2 is 1.82 bits per heavy atom. The molecule has 2 aliphatic rings. The smallest absolute Gasteiger partial charge is 0.0693 e. The third-order valence-corrected chi connectivity index (χ3v) is 5.49. The molecule has 2 atom stereocenters. The molecule has 1 aromatic carbocycles. The third-order valence-electron chi connectivity index (χ3n) is 5.12. The molecular weight excluding hydrogens is 296 g/mol. The summed E-state index contributed by atoms with van der Waals surface area (Å²) in [5.74, 6) is 0. The zero-order valence-electron chi connectivity index (χ0n) is 13.2. The van der Waals surface area contributed by atoms with E-state index >= 15 is 0 Å². The van der Waals surface area contributed by atoms with Crippen LogP contribution in [0.15, 0.2) is 24.3 Å². The summed E-state index contributed by atoms with van der Waals surface area (Å²) in [4.78, 5) is 2.48. The number of benzene rings is 1. The summed E-state index contributed by atoms with van der Waals surface area (Å²) < 4.78 is 0. The minimum absolute atomic E-state index is 0.144. The Kier molecular flexibility index (Phi) is 5.75. The van der Waals surface area contributed by atoms with Crippen molar-refractivity contribution in [1.29, 1.82) is 0 Å². The highest BCUT2D eigenvalue weighted by Crippen LogP contribution is 2.22. The molecule has 1 aliphatic carbocycles. The Labute approximate surface area is 138 Å². The number of aliphatic hydroxyl groups excluding tert-OH is 1. The first-order valence-corrected chi connectivity index (χ1v) is 9.00. The van der Waals surface area contributed by atoms with Crippen LogP contribution in [0.5, 0.6) is 0 Å². The molecule has 4 heteroatoms. The second kappa shape index (κ2) is 7.78. The van der Waals surface area contributed by atoms with Crippen molar-refractivity contribution in [3.05, 3.63) is 34.9 Å². The summed E-state index contributed by atoms with van der Waals surface area (Å²) >= 11 is 6.25. The topological polar surface area (TPSA) is 35.5 Å². The molecular formula is C18H27ClN2O. The lowest BCUT2D eigenvalue weighted by Crippen LogP contribution is -2.50. The number of likely N-dealkylation sites (tertiary alicyclic amines) is 1. The van der Waals surface area contributed by atoms with Crippen molar-refractivity contribution < 1.29 is 5.11 Å². The number of aliphatic hydroxyl groups is 1. The van der Waals surface area contributed by atoms with Crippen molar-refractivity contribution in [2.24, 2.45) is 0 Å². The zero-order valence-corrected chi connectivity index (χ0v) is 13.9. The highest BCUT2D eigenvalue weighted by atomic mass is 35.5. The lowest BCUT2D eigenvalue weighted by atomic mass is 9.91. The van der Waals surface area contributed by atoms with Gasteiger partial charge < -0.3 is 10.4 Å². The molecule has 1 heterocycles. The first kappa shape index (κ1) is 16.3. The van der Waals surface area contributed by atoms with Crippen molar-refractivity contribution in [1.82, 2.24) is 10.2 Å². The number of nitrogens with one attached hydrogen (secondary N) is 1. The van der Waals surface area contributed by atoms with Gasteiger partial charge in [-0.05, 0) is 50.4 Å². The summed E-state index contributed by atoms with van der Waals surface area (Å²) in [6.45, 7) is 3.15. The van der Waals surface area contributed by atoms with E-state index in [0.717, 1.165) is 50.3 Å². The summed E-state index contributed by atoms with van der Waals surface area (Å²) in [5.41, 5.74) is 1.22. The van der Waals surface area contributed by atoms with Crippen molar-refractivity contribution in [3.8, 4) is 0 Å². The molecule has 3 rings (SSSR count). The molecule has 0 unspecified atom stereocenters. The highest BCUT2D eigenvalue weighted by molar-refractivity contribution is 6.31. The molecule has 1 saturated heterocycles. The normalized spacial score (nSPS) is 27.9. The maximum atomic E-state index is 10.1. The van der Waals surface area contributed by atoms with Crippen LogP contribution in [-0.2, 0) is 6.54 Å². The second-order valence-electron chi connectivity index (χ2n) is 6.77. The number of nitrogens with zero attached hydrogens (tertiary/aromatic N) is 1. The maximum Gasteiger partial charge on any atom is 0.0693 e. The molecule has 0 bridgehead atoms. The Bertz CT molecular complexity index is 474. The van der Waals surface area contributed by atoms with E-state index < -0.39 is 0 Å². The van der Waals surface area contributed by atoms with Gasteiger partial charge in [-0.1, -0.05) is 42.6 Å². The van der Waals surface area contributed by atoms with Crippen LogP contribution in [0.3, 0.4) is 0 Å². The van der Waals surface area contributed by atoms with Gasteiger partial charge in [-0.3, -0.25) is 4.90 Å². The molecule has 2 fully saturated rings. The molecule has 2 N–H and O–H groups in total. The van der Waals surface area contributed by atoms with Crippen molar-refractivity contribution >= 4 is 11.6 Å². The molecule has 0 amide bonds. The first-order chi connectivity index (χ1) is 10.7. The van der Waals surface area contributed by atoms with E-state index in [4.69, 9.17) is 11.6 Å². The average Bonchev–Trinajstić information content (AvgIpc) is 2.54. The molecule has 22 heavy (non-hydrogen) atoms. The molecule has 3 nitrogen and oxygen atoms in total. The number of piperidine rings is 1. The van der Waals surface area contributed by atoms with Gasteiger partial charge in [-0.15, -0.1) is 0 Å². The molecule has 0 spiro atoms. The van der Waals surface area contributed by atoms with Crippen molar-refractivity contribution in [3.63, 3.8) is 0 Å². The van der Waals surface area contributed by atoms with Crippen LogP contribution < -0.4 is 5.32 Å². The van der Waals surface area contributed by atoms with E-state index in [0.29, 0.717) is 12.1 Å². The van der Waals surface area contributed by atoms with Crippen LogP contribution in [-0.4, -0.2) is 41.3 Å². The third kappa shape index (κ3) is 4.23. The molecule has 122 valence electrons. The van der Waals surface area contributed by atoms with Crippen molar-refractivity contribution in [2.45, 2.75) is 63.3 Å². The van der Waals surface area contributed by atoms with Crippen LogP contribution in [0.25, 0.3) is 0 Å². The number of hydrogen-bond acceptors (Lipinski definition) is 3. The monoisotopic (exact) mass is 322 g/mol. The van der Waals surface area contributed by atoms with Gasteiger partial charge in [0.15, 0.2) is 0 Å². The standard InChI is InChI=1S/C18H27ClN2O/c19-16-6-2-1-5-14(16)13-21-11-9-15(10-12-21)20-17-7-3-4-8-18(17)22/h1-2,5-6,15,17-18,20,22H,3-4,7-13H2/t17-,18+/m0/s1. The Morgan fingerprint density at radius 3 is 2.55 bits per heavy atom. The lowest BCUT2D eigenvalue weighted by molar-refractivity contribution is 0.0759. The maximum absolute atomic E-state index is 10.1. The van der Waals surface area contributed by atoms with Gasteiger partial charge in [-0.2, -0.15) is 0 Å². The Morgan fingerprint density at radius 1 is 1.09 bits per heavy atom. The van der Waals surface area contributed by atoms with E-state index in [1.165, 1.54) is 18.4 Å². The summed E-state index contributed by atoms with van der Waals surface area (Å²) in [5, 5.41) is 14.7. The van der Waals surface area contributed by atoms with Gasteiger partial charge in [-0.25, -0.2) is 0 Å².